The van der Waals surface area contributed by atoms with Crippen LogP contribution in [0.3, 0.4) is 0 Å². The summed E-state index contributed by atoms with van der Waals surface area (Å²) in [4.78, 5) is 5.56. The third-order valence-corrected chi connectivity index (χ3v) is 4.41. The lowest BCUT2D eigenvalue weighted by Crippen LogP contribution is -2.40. The van der Waals surface area contributed by atoms with Gasteiger partial charge in [0.25, 0.3) is 0 Å². The second kappa shape index (κ2) is 14.1. The highest BCUT2D eigenvalue weighted by molar-refractivity contribution is 8.00. The number of methoxy groups -OCH3 is 1. The monoisotopic (exact) mass is 353 g/mol. The molecule has 1 aromatic rings. The maximum Gasteiger partial charge on any atom is 0.191 e. The van der Waals surface area contributed by atoms with Crippen molar-refractivity contribution < 1.29 is 9.47 Å². The first-order valence-electron chi connectivity index (χ1n) is 8.49. The standard InChI is InChI=1S/C18H31N3O2S/c1-16(24-17-9-5-4-6-10-17)15-21-18(19-2)20-11-7-8-12-23-14-13-22-3/h4-6,9-10,16H,7-8,11-15H2,1-3H3,(H2,19,20,21). The molecule has 0 heterocycles. The number of rotatable bonds is 12. The summed E-state index contributed by atoms with van der Waals surface area (Å²) in [6.07, 6.45) is 2.09. The predicted molar refractivity (Wildman–Crippen MR) is 103 cm³/mol. The molecule has 0 fully saturated rings. The van der Waals surface area contributed by atoms with Crippen LogP contribution in [0.4, 0.5) is 0 Å². The van der Waals surface area contributed by atoms with Crippen molar-refractivity contribution in [3.63, 3.8) is 0 Å². The van der Waals surface area contributed by atoms with Gasteiger partial charge in [-0.3, -0.25) is 4.99 Å². The Hall–Kier alpha value is -1.24. The highest BCUT2D eigenvalue weighted by Crippen LogP contribution is 2.21. The van der Waals surface area contributed by atoms with Crippen LogP contribution in [0, 0.1) is 0 Å². The Bertz CT molecular complexity index is 443. The molecule has 1 aromatic carbocycles. The van der Waals surface area contributed by atoms with Crippen molar-refractivity contribution in [2.24, 2.45) is 4.99 Å². The Labute approximate surface area is 150 Å². The normalized spacial score (nSPS) is 12.9. The van der Waals surface area contributed by atoms with Crippen LogP contribution in [0.1, 0.15) is 19.8 Å². The van der Waals surface area contributed by atoms with Crippen LogP contribution in [0.2, 0.25) is 0 Å². The quantitative estimate of drug-likeness (QED) is 0.262. The van der Waals surface area contributed by atoms with E-state index in [2.05, 4.69) is 46.8 Å². The van der Waals surface area contributed by atoms with Gasteiger partial charge in [-0.1, -0.05) is 25.1 Å². The van der Waals surface area contributed by atoms with Gasteiger partial charge in [0.1, 0.15) is 0 Å². The average molecular weight is 354 g/mol. The van der Waals surface area contributed by atoms with Gasteiger partial charge in [0.05, 0.1) is 13.2 Å². The molecule has 0 bridgehead atoms. The van der Waals surface area contributed by atoms with Crippen LogP contribution in [0.25, 0.3) is 0 Å². The number of aliphatic imine (C=N–C) groups is 1. The first-order valence-corrected chi connectivity index (χ1v) is 9.37. The van der Waals surface area contributed by atoms with Crippen LogP contribution in [0.5, 0.6) is 0 Å². The number of thioether (sulfide) groups is 1. The Morgan fingerprint density at radius 2 is 1.92 bits per heavy atom. The van der Waals surface area contributed by atoms with Crippen LogP contribution < -0.4 is 10.6 Å². The summed E-state index contributed by atoms with van der Waals surface area (Å²) in [6, 6.07) is 10.5. The minimum atomic E-state index is 0.472. The maximum atomic E-state index is 5.44. The van der Waals surface area contributed by atoms with E-state index < -0.39 is 0 Å². The van der Waals surface area contributed by atoms with E-state index in [0.717, 1.165) is 38.5 Å². The molecule has 0 aliphatic carbocycles. The van der Waals surface area contributed by atoms with E-state index >= 15 is 0 Å². The molecule has 1 unspecified atom stereocenters. The number of nitrogens with one attached hydrogen (secondary N) is 2. The van der Waals surface area contributed by atoms with E-state index in [-0.39, 0.29) is 0 Å². The van der Waals surface area contributed by atoms with Crippen LogP contribution >= 0.6 is 11.8 Å². The summed E-state index contributed by atoms with van der Waals surface area (Å²) >= 11 is 1.87. The van der Waals surface area contributed by atoms with E-state index in [1.54, 1.807) is 14.2 Å². The molecule has 0 amide bonds. The second-order valence-corrected chi connectivity index (χ2v) is 6.95. The van der Waals surface area contributed by atoms with Gasteiger partial charge in [-0.15, -0.1) is 11.8 Å². The van der Waals surface area contributed by atoms with Crippen LogP contribution in [-0.4, -0.2) is 58.3 Å². The number of nitrogens with zero attached hydrogens (tertiary/aromatic N) is 1. The number of ether oxygens (including phenoxy) is 2. The fourth-order valence-electron chi connectivity index (χ4n) is 2.01. The number of hydrogen-bond acceptors (Lipinski definition) is 4. The van der Waals surface area contributed by atoms with Crippen molar-refractivity contribution in [2.75, 3.05) is 47.1 Å². The molecule has 24 heavy (non-hydrogen) atoms. The zero-order chi connectivity index (χ0) is 17.5. The van der Waals surface area contributed by atoms with Crippen molar-refractivity contribution in [1.29, 1.82) is 0 Å². The molecule has 0 radical (unpaired) electrons. The summed E-state index contributed by atoms with van der Waals surface area (Å²) in [5.41, 5.74) is 0. The number of benzene rings is 1. The van der Waals surface area contributed by atoms with Crippen molar-refractivity contribution in [2.45, 2.75) is 29.9 Å². The fourth-order valence-corrected chi connectivity index (χ4v) is 2.96. The number of hydrogen-bond donors (Lipinski definition) is 2. The van der Waals surface area contributed by atoms with E-state index in [4.69, 9.17) is 9.47 Å². The smallest absolute Gasteiger partial charge is 0.191 e. The molecular formula is C18H31N3O2S. The van der Waals surface area contributed by atoms with Crippen LogP contribution in [0.15, 0.2) is 40.2 Å². The zero-order valence-electron chi connectivity index (χ0n) is 15.1. The molecule has 1 rings (SSSR count). The highest BCUT2D eigenvalue weighted by Gasteiger charge is 2.05. The van der Waals surface area contributed by atoms with Crippen LogP contribution in [-0.2, 0) is 9.47 Å². The molecule has 2 N–H and O–H groups in total. The lowest BCUT2D eigenvalue weighted by molar-refractivity contribution is 0.0689. The first kappa shape index (κ1) is 20.8. The fraction of sp³-hybridized carbons (Fsp3) is 0.611. The lowest BCUT2D eigenvalue weighted by atomic mass is 10.3. The van der Waals surface area contributed by atoms with Gasteiger partial charge >= 0.3 is 0 Å². The minimum absolute atomic E-state index is 0.472. The van der Waals surface area contributed by atoms with Crippen molar-refractivity contribution in [3.8, 4) is 0 Å². The Balaban J connectivity index is 2.08. The van der Waals surface area contributed by atoms with Gasteiger partial charge in [-0.2, -0.15) is 0 Å². The maximum absolute atomic E-state index is 5.44. The lowest BCUT2D eigenvalue weighted by Gasteiger charge is -2.16. The van der Waals surface area contributed by atoms with E-state index in [1.807, 2.05) is 17.8 Å². The number of guanidine groups is 1. The molecule has 0 aliphatic rings. The molecule has 1 atom stereocenters. The summed E-state index contributed by atoms with van der Waals surface area (Å²) < 4.78 is 10.4. The predicted octanol–water partition coefficient (Wildman–Crippen LogP) is 2.78. The van der Waals surface area contributed by atoms with Crippen molar-refractivity contribution in [1.82, 2.24) is 10.6 Å². The second-order valence-electron chi connectivity index (χ2n) is 5.43. The highest BCUT2D eigenvalue weighted by atomic mass is 32.2. The molecule has 5 nitrogen and oxygen atoms in total. The zero-order valence-corrected chi connectivity index (χ0v) is 15.9. The Kier molecular flexibility index (Phi) is 12.3. The van der Waals surface area contributed by atoms with E-state index in [0.29, 0.717) is 18.5 Å². The molecular weight excluding hydrogens is 322 g/mol. The first-order chi connectivity index (χ1) is 11.8. The van der Waals surface area contributed by atoms with Crippen molar-refractivity contribution in [3.05, 3.63) is 30.3 Å². The van der Waals surface area contributed by atoms with Gasteiger partial charge < -0.3 is 20.1 Å². The molecule has 0 spiro atoms. The Morgan fingerprint density at radius 1 is 1.12 bits per heavy atom. The SMILES string of the molecule is CN=C(NCCCCOCCOC)NCC(C)Sc1ccccc1. The van der Waals surface area contributed by atoms with Gasteiger partial charge in [-0.05, 0) is 25.0 Å². The van der Waals surface area contributed by atoms with Crippen molar-refractivity contribution >= 4 is 17.7 Å². The van der Waals surface area contributed by atoms with Gasteiger partial charge in [0.2, 0.25) is 0 Å². The van der Waals surface area contributed by atoms with E-state index in [9.17, 15) is 0 Å². The van der Waals surface area contributed by atoms with Gasteiger partial charge in [0.15, 0.2) is 5.96 Å². The minimum Gasteiger partial charge on any atom is -0.382 e. The summed E-state index contributed by atoms with van der Waals surface area (Å²) in [7, 11) is 3.49. The molecule has 0 aromatic heterocycles. The largest absolute Gasteiger partial charge is 0.382 e. The summed E-state index contributed by atoms with van der Waals surface area (Å²) in [5.74, 6) is 0.857. The Morgan fingerprint density at radius 3 is 2.62 bits per heavy atom. The average Bonchev–Trinajstić information content (AvgIpc) is 2.60. The summed E-state index contributed by atoms with van der Waals surface area (Å²) in [6.45, 7) is 6.10. The molecule has 136 valence electrons. The van der Waals surface area contributed by atoms with Gasteiger partial charge in [-0.25, -0.2) is 0 Å². The number of unbranched alkanes of at least 4 members (excludes halogenated alkanes) is 1. The topological polar surface area (TPSA) is 54.9 Å². The van der Waals surface area contributed by atoms with E-state index in [1.165, 1.54) is 4.90 Å². The van der Waals surface area contributed by atoms with Gasteiger partial charge in [0, 0.05) is 44.0 Å². The molecule has 6 heteroatoms. The third kappa shape index (κ3) is 10.5. The molecule has 0 saturated heterocycles. The third-order valence-electron chi connectivity index (χ3n) is 3.30. The summed E-state index contributed by atoms with van der Waals surface area (Å²) in [5, 5.41) is 7.19. The molecule has 0 saturated carbocycles. The molecule has 0 aliphatic heterocycles.